The van der Waals surface area contributed by atoms with Crippen molar-refractivity contribution in [2.45, 2.75) is 18.4 Å². The summed E-state index contributed by atoms with van der Waals surface area (Å²) in [7, 11) is -3.87. The van der Waals surface area contributed by atoms with Gasteiger partial charge >= 0.3 is 0 Å². The van der Waals surface area contributed by atoms with Gasteiger partial charge in [0.1, 0.15) is 5.78 Å². The van der Waals surface area contributed by atoms with Gasteiger partial charge in [0.25, 0.3) is 15.9 Å². The summed E-state index contributed by atoms with van der Waals surface area (Å²) in [6, 6.07) is 2.91. The van der Waals surface area contributed by atoms with E-state index in [0.29, 0.717) is 4.31 Å². The zero-order chi connectivity index (χ0) is 12.6. The van der Waals surface area contributed by atoms with Gasteiger partial charge in [-0.25, -0.2) is 9.29 Å². The van der Waals surface area contributed by atoms with Crippen molar-refractivity contribution in [1.29, 1.82) is 0 Å². The number of carbonyl (C=O) groups is 2. The molecule has 0 aliphatic carbocycles. The first-order chi connectivity index (χ1) is 7.94. The van der Waals surface area contributed by atoms with Crippen LogP contribution in [0.25, 0.3) is 0 Å². The van der Waals surface area contributed by atoms with Crippen molar-refractivity contribution >= 4 is 21.7 Å². The first kappa shape index (κ1) is 11.7. The van der Waals surface area contributed by atoms with Crippen LogP contribution in [0.1, 0.15) is 23.7 Å². The Kier molecular flexibility index (Phi) is 2.70. The molecule has 2 rings (SSSR count). The van der Waals surface area contributed by atoms with Crippen LogP contribution in [0.4, 0.5) is 0 Å². The normalized spacial score (nSPS) is 17.0. The maximum Gasteiger partial charge on any atom is 0.285 e. The number of hydrogen-bond donors (Lipinski definition) is 0. The molecule has 1 aliphatic heterocycles. The monoisotopic (exact) mass is 254 g/mol. The van der Waals surface area contributed by atoms with Gasteiger partial charge in [-0.15, -0.1) is 0 Å². The Labute approximate surface area is 98.3 Å². The summed E-state index contributed by atoms with van der Waals surface area (Å²) in [4.78, 5) is 26.4. The summed E-state index contributed by atoms with van der Waals surface area (Å²) >= 11 is 0. The van der Waals surface area contributed by atoms with Crippen molar-refractivity contribution in [2.24, 2.45) is 0 Å². The number of hydrogen-bond acceptors (Lipinski definition) is 5. The quantitative estimate of drug-likeness (QED) is 0.769. The number of rotatable bonds is 3. The number of carbonyl (C=O) groups excluding carboxylic acids is 2. The number of aromatic nitrogens is 1. The highest BCUT2D eigenvalue weighted by molar-refractivity contribution is 7.90. The van der Waals surface area contributed by atoms with Gasteiger partial charge in [0.05, 0.1) is 5.56 Å². The van der Waals surface area contributed by atoms with Gasteiger partial charge in [0, 0.05) is 19.2 Å². The average molecular weight is 254 g/mol. The number of nitrogens with zero attached hydrogens (tertiary/aromatic N) is 2. The third kappa shape index (κ3) is 1.82. The minimum absolute atomic E-state index is 0.0129. The molecule has 17 heavy (non-hydrogen) atoms. The molecule has 0 radical (unpaired) electrons. The van der Waals surface area contributed by atoms with E-state index in [1.165, 1.54) is 25.3 Å². The molecule has 0 fully saturated rings. The summed E-state index contributed by atoms with van der Waals surface area (Å²) in [5.74, 6) is -0.786. The molecule has 1 aromatic rings. The number of pyridine rings is 1. The van der Waals surface area contributed by atoms with E-state index in [-0.39, 0.29) is 29.3 Å². The van der Waals surface area contributed by atoms with Gasteiger partial charge in [-0.3, -0.25) is 9.59 Å². The summed E-state index contributed by atoms with van der Waals surface area (Å²) in [6.07, 6.45) is 1.33. The maximum absolute atomic E-state index is 11.9. The number of amides is 1. The van der Waals surface area contributed by atoms with E-state index in [4.69, 9.17) is 0 Å². The second-order valence-corrected chi connectivity index (χ2v) is 5.47. The minimum Gasteiger partial charge on any atom is -0.300 e. The van der Waals surface area contributed by atoms with Gasteiger partial charge in [-0.2, -0.15) is 8.42 Å². The lowest BCUT2D eigenvalue weighted by atomic mass is 10.2. The molecule has 0 bridgehead atoms. The molecule has 0 saturated heterocycles. The van der Waals surface area contributed by atoms with E-state index in [9.17, 15) is 18.0 Å². The molecule has 0 atom stereocenters. The number of ketones is 1. The van der Waals surface area contributed by atoms with Crippen LogP contribution in [-0.2, 0) is 14.8 Å². The molecule has 0 unspecified atom stereocenters. The minimum atomic E-state index is -3.87. The van der Waals surface area contributed by atoms with E-state index in [1.807, 2.05) is 0 Å². The van der Waals surface area contributed by atoms with E-state index in [2.05, 4.69) is 4.98 Å². The molecular formula is C10H10N2O4S. The van der Waals surface area contributed by atoms with Gasteiger partial charge in [0.15, 0.2) is 5.03 Å². The molecule has 0 N–H and O–H groups in total. The van der Waals surface area contributed by atoms with E-state index in [0.717, 1.165) is 0 Å². The Morgan fingerprint density at radius 2 is 2.18 bits per heavy atom. The van der Waals surface area contributed by atoms with Gasteiger partial charge < -0.3 is 0 Å². The number of fused-ring (bicyclic) bond motifs is 1. The molecule has 0 spiro atoms. The fraction of sp³-hybridized carbons (Fsp3) is 0.300. The topological polar surface area (TPSA) is 84.4 Å². The highest BCUT2D eigenvalue weighted by atomic mass is 32.2. The van der Waals surface area contributed by atoms with Crippen LogP contribution in [0, 0.1) is 0 Å². The second-order valence-electron chi connectivity index (χ2n) is 3.69. The van der Waals surface area contributed by atoms with Crippen LogP contribution in [0.2, 0.25) is 0 Å². The summed E-state index contributed by atoms with van der Waals surface area (Å²) in [5, 5.41) is -0.228. The van der Waals surface area contributed by atoms with Crippen LogP contribution < -0.4 is 0 Å². The predicted octanol–water partition coefficient (Wildman–Crippen LogP) is 0.205. The Morgan fingerprint density at radius 3 is 2.76 bits per heavy atom. The maximum atomic E-state index is 11.9. The molecule has 1 amide bonds. The van der Waals surface area contributed by atoms with E-state index in [1.54, 1.807) is 0 Å². The zero-order valence-electron chi connectivity index (χ0n) is 9.08. The number of Topliss-reactive ketones (excluding diaryl/α,β-unsaturated/α-hetero) is 1. The molecule has 2 heterocycles. The molecular weight excluding hydrogens is 244 g/mol. The lowest BCUT2D eigenvalue weighted by Gasteiger charge is -2.12. The van der Waals surface area contributed by atoms with Crippen LogP contribution in [0.15, 0.2) is 23.4 Å². The molecule has 90 valence electrons. The van der Waals surface area contributed by atoms with Gasteiger partial charge in [0.2, 0.25) is 0 Å². The summed E-state index contributed by atoms with van der Waals surface area (Å²) in [6.45, 7) is 1.21. The van der Waals surface area contributed by atoms with Crippen LogP contribution >= 0.6 is 0 Å². The predicted molar refractivity (Wildman–Crippen MR) is 57.8 cm³/mol. The Balaban J connectivity index is 2.41. The Hall–Kier alpha value is -1.76. The van der Waals surface area contributed by atoms with Crippen molar-refractivity contribution in [3.63, 3.8) is 0 Å². The highest BCUT2D eigenvalue weighted by Crippen LogP contribution is 2.27. The Morgan fingerprint density at radius 1 is 1.47 bits per heavy atom. The van der Waals surface area contributed by atoms with Crippen molar-refractivity contribution in [2.75, 3.05) is 6.54 Å². The first-order valence-electron chi connectivity index (χ1n) is 4.96. The number of sulfonamides is 1. The molecule has 0 aromatic carbocycles. The zero-order valence-corrected chi connectivity index (χ0v) is 9.90. The first-order valence-corrected chi connectivity index (χ1v) is 6.40. The van der Waals surface area contributed by atoms with Crippen LogP contribution in [0.3, 0.4) is 0 Å². The lowest BCUT2D eigenvalue weighted by Crippen LogP contribution is -2.32. The fourth-order valence-electron chi connectivity index (χ4n) is 1.59. The molecule has 0 saturated carbocycles. The smallest absolute Gasteiger partial charge is 0.285 e. The van der Waals surface area contributed by atoms with Gasteiger partial charge in [-0.1, -0.05) is 0 Å². The van der Waals surface area contributed by atoms with E-state index >= 15 is 0 Å². The fourth-order valence-corrected chi connectivity index (χ4v) is 3.07. The second kappa shape index (κ2) is 3.92. The largest absolute Gasteiger partial charge is 0.300 e. The summed E-state index contributed by atoms with van der Waals surface area (Å²) in [5.41, 5.74) is 0.0658. The average Bonchev–Trinajstić information content (AvgIpc) is 2.46. The molecule has 1 aromatic heterocycles. The highest BCUT2D eigenvalue weighted by Gasteiger charge is 2.41. The summed E-state index contributed by atoms with van der Waals surface area (Å²) < 4.78 is 24.6. The Bertz CT molecular complexity index is 594. The van der Waals surface area contributed by atoms with Crippen LogP contribution in [0.5, 0.6) is 0 Å². The van der Waals surface area contributed by atoms with Gasteiger partial charge in [-0.05, 0) is 19.1 Å². The SMILES string of the molecule is CC(=O)CCN1C(=O)c2cccnc2S1(=O)=O. The van der Waals surface area contributed by atoms with Crippen molar-refractivity contribution in [3.05, 3.63) is 23.9 Å². The van der Waals surface area contributed by atoms with Crippen molar-refractivity contribution in [1.82, 2.24) is 9.29 Å². The van der Waals surface area contributed by atoms with Crippen molar-refractivity contribution in [3.8, 4) is 0 Å². The molecule has 1 aliphatic rings. The molecule has 6 nitrogen and oxygen atoms in total. The van der Waals surface area contributed by atoms with E-state index < -0.39 is 15.9 Å². The third-order valence-electron chi connectivity index (χ3n) is 2.43. The van der Waals surface area contributed by atoms with Crippen LogP contribution in [-0.4, -0.2) is 35.9 Å². The lowest BCUT2D eigenvalue weighted by molar-refractivity contribution is -0.117. The molecule has 7 heteroatoms. The standard InChI is InChI=1S/C10H10N2O4S/c1-7(13)4-6-12-10(14)8-3-2-5-11-9(8)17(12,15)16/h2-3,5H,4,6H2,1H3. The third-order valence-corrected chi connectivity index (χ3v) is 4.17. The van der Waals surface area contributed by atoms with Crippen molar-refractivity contribution < 1.29 is 18.0 Å².